The summed E-state index contributed by atoms with van der Waals surface area (Å²) in [5.74, 6) is 2.19. The third-order valence-corrected chi connectivity index (χ3v) is 6.60. The van der Waals surface area contributed by atoms with Crippen LogP contribution in [-0.2, 0) is 11.8 Å². The summed E-state index contributed by atoms with van der Waals surface area (Å²) in [6.07, 6.45) is 2.16. The molecular weight excluding hydrogens is 444 g/mol. The minimum absolute atomic E-state index is 0.0524. The van der Waals surface area contributed by atoms with Crippen molar-refractivity contribution in [2.75, 3.05) is 55.6 Å². The van der Waals surface area contributed by atoms with Crippen LogP contribution < -0.4 is 23.7 Å². The van der Waals surface area contributed by atoms with E-state index < -0.39 is 12.5 Å². The minimum Gasteiger partial charge on any atom is -0.493 e. The summed E-state index contributed by atoms with van der Waals surface area (Å²) >= 11 is 0. The molecule has 0 aliphatic carbocycles. The van der Waals surface area contributed by atoms with Gasteiger partial charge in [0.1, 0.15) is 0 Å². The molecule has 0 amide bonds. The molecule has 1 unspecified atom stereocenters. The standard InChI is InChI=1S/C28H40N2O5/c1-20(2)28(19-29,22-17-25(33-6)27(35-8)26(18-22)34-7)13-9-14-30(3)15-12-21-10-11-23(31-4)24(16-21)32-5/h10-11,16-18,20H,9,12-15H2,1-8H3/i5D3. The van der Waals surface area contributed by atoms with Crippen LogP contribution in [0.2, 0.25) is 0 Å². The molecule has 0 fully saturated rings. The molecule has 192 valence electrons. The van der Waals surface area contributed by atoms with Gasteiger partial charge in [0.25, 0.3) is 0 Å². The van der Waals surface area contributed by atoms with Crippen molar-refractivity contribution in [1.29, 1.82) is 5.26 Å². The molecule has 0 aliphatic rings. The SMILES string of the molecule is [2H]C([2H])([2H])Oc1cc(CCN(C)CCCC(C#N)(c2cc(OC)c(OC)c(OC)c2)C(C)C)ccc1OC. The summed E-state index contributed by atoms with van der Waals surface area (Å²) in [7, 11) is 5.66. The Labute approximate surface area is 214 Å². The van der Waals surface area contributed by atoms with Gasteiger partial charge >= 0.3 is 0 Å². The molecule has 0 N–H and O–H groups in total. The smallest absolute Gasteiger partial charge is 0.203 e. The molecule has 0 saturated carbocycles. The summed E-state index contributed by atoms with van der Waals surface area (Å²) in [6.45, 7) is 5.65. The quantitative estimate of drug-likeness (QED) is 0.367. The summed E-state index contributed by atoms with van der Waals surface area (Å²) < 4.78 is 49.0. The Balaban J connectivity index is 2.11. The highest BCUT2D eigenvalue weighted by Gasteiger charge is 2.37. The molecule has 7 heteroatoms. The third kappa shape index (κ3) is 6.52. The van der Waals surface area contributed by atoms with Crippen LogP contribution in [0.3, 0.4) is 0 Å². The van der Waals surface area contributed by atoms with Gasteiger partial charge in [-0.1, -0.05) is 19.9 Å². The van der Waals surface area contributed by atoms with Gasteiger partial charge in [0.15, 0.2) is 23.0 Å². The molecule has 0 aromatic heterocycles. The molecule has 0 aliphatic heterocycles. The Kier molecular flexibility index (Phi) is 8.85. The van der Waals surface area contributed by atoms with E-state index in [1.807, 2.05) is 25.2 Å². The van der Waals surface area contributed by atoms with Crippen molar-refractivity contribution < 1.29 is 27.8 Å². The predicted molar refractivity (Wildman–Crippen MR) is 138 cm³/mol. The van der Waals surface area contributed by atoms with E-state index in [1.165, 1.54) is 7.11 Å². The maximum Gasteiger partial charge on any atom is 0.203 e. The van der Waals surface area contributed by atoms with E-state index in [-0.39, 0.29) is 11.7 Å². The first kappa shape index (κ1) is 23.6. The molecule has 0 bridgehead atoms. The summed E-state index contributed by atoms with van der Waals surface area (Å²) in [6, 6.07) is 11.7. The number of methoxy groups -OCH3 is 5. The second-order valence-electron chi connectivity index (χ2n) is 8.90. The van der Waals surface area contributed by atoms with Crippen molar-refractivity contribution in [2.45, 2.75) is 38.5 Å². The van der Waals surface area contributed by atoms with E-state index in [0.717, 1.165) is 30.6 Å². The van der Waals surface area contributed by atoms with Gasteiger partial charge in [-0.2, -0.15) is 5.26 Å². The molecule has 0 spiro atoms. The van der Waals surface area contributed by atoms with Gasteiger partial charge in [-0.05, 0) is 74.2 Å². The van der Waals surface area contributed by atoms with Crippen LogP contribution in [0.4, 0.5) is 0 Å². The Hall–Kier alpha value is -3.11. The largest absolute Gasteiger partial charge is 0.493 e. The first-order chi connectivity index (χ1) is 17.9. The van der Waals surface area contributed by atoms with E-state index in [4.69, 9.17) is 27.8 Å². The summed E-state index contributed by atoms with van der Waals surface area (Å²) in [4.78, 5) is 2.20. The number of benzene rings is 2. The molecule has 1 atom stereocenters. The summed E-state index contributed by atoms with van der Waals surface area (Å²) in [5.41, 5.74) is 1.06. The number of ether oxygens (including phenoxy) is 5. The molecule has 7 nitrogen and oxygen atoms in total. The molecule has 35 heavy (non-hydrogen) atoms. The zero-order valence-corrected chi connectivity index (χ0v) is 21.9. The van der Waals surface area contributed by atoms with E-state index in [1.54, 1.807) is 33.5 Å². The Morgan fingerprint density at radius 1 is 0.914 bits per heavy atom. The Morgan fingerprint density at radius 2 is 1.57 bits per heavy atom. The summed E-state index contributed by atoms with van der Waals surface area (Å²) in [5, 5.41) is 10.4. The fraction of sp³-hybridized carbons (Fsp3) is 0.536. The van der Waals surface area contributed by atoms with Gasteiger partial charge in [0.05, 0.1) is 51.1 Å². The number of nitrogens with zero attached hydrogens (tertiary/aromatic N) is 2. The molecule has 0 saturated heterocycles. The number of likely N-dealkylation sites (N-methyl/N-ethyl adjacent to an activating group) is 1. The first-order valence-corrected chi connectivity index (χ1v) is 11.7. The lowest BCUT2D eigenvalue weighted by atomic mass is 9.69. The number of hydrogen-bond donors (Lipinski definition) is 0. The van der Waals surface area contributed by atoms with Crippen LogP contribution >= 0.6 is 0 Å². The number of rotatable bonds is 14. The molecule has 2 aromatic carbocycles. The lowest BCUT2D eigenvalue weighted by Crippen LogP contribution is -2.32. The van der Waals surface area contributed by atoms with Crippen LogP contribution in [0.5, 0.6) is 28.7 Å². The minimum atomic E-state index is -2.55. The zero-order chi connectivity index (χ0) is 28.5. The molecular formula is C28H40N2O5. The highest BCUT2D eigenvalue weighted by atomic mass is 16.5. The van der Waals surface area contributed by atoms with Crippen molar-refractivity contribution in [1.82, 2.24) is 4.90 Å². The fourth-order valence-electron chi connectivity index (χ4n) is 4.37. The van der Waals surface area contributed by atoms with Gasteiger partial charge in [-0.25, -0.2) is 0 Å². The zero-order valence-electron chi connectivity index (χ0n) is 24.9. The van der Waals surface area contributed by atoms with Crippen molar-refractivity contribution in [3.63, 3.8) is 0 Å². The van der Waals surface area contributed by atoms with Crippen molar-refractivity contribution >= 4 is 0 Å². The van der Waals surface area contributed by atoms with Crippen LogP contribution in [0.1, 0.15) is 41.9 Å². The van der Waals surface area contributed by atoms with Gasteiger partial charge in [0.2, 0.25) is 5.75 Å². The highest BCUT2D eigenvalue weighted by Crippen LogP contribution is 2.45. The molecule has 0 radical (unpaired) electrons. The lowest BCUT2D eigenvalue weighted by molar-refractivity contribution is 0.290. The van der Waals surface area contributed by atoms with E-state index >= 15 is 0 Å². The average Bonchev–Trinajstić information content (AvgIpc) is 2.88. The second kappa shape index (κ2) is 13.1. The van der Waals surface area contributed by atoms with E-state index in [9.17, 15) is 5.26 Å². The van der Waals surface area contributed by atoms with Crippen LogP contribution in [0.25, 0.3) is 0 Å². The van der Waals surface area contributed by atoms with E-state index in [0.29, 0.717) is 35.8 Å². The fourth-order valence-corrected chi connectivity index (χ4v) is 4.37. The average molecular weight is 488 g/mol. The first-order valence-electron chi connectivity index (χ1n) is 13.2. The maximum atomic E-state index is 10.4. The van der Waals surface area contributed by atoms with E-state index in [2.05, 4.69) is 24.8 Å². The number of nitriles is 1. The lowest BCUT2D eigenvalue weighted by Gasteiger charge is -2.33. The van der Waals surface area contributed by atoms with Gasteiger partial charge < -0.3 is 28.6 Å². The molecule has 0 heterocycles. The maximum absolute atomic E-state index is 10.4. The van der Waals surface area contributed by atoms with Crippen LogP contribution in [0.15, 0.2) is 30.3 Å². The number of hydrogen-bond acceptors (Lipinski definition) is 7. The normalized spacial score (nSPS) is 14.3. The van der Waals surface area contributed by atoms with Crippen LogP contribution in [-0.4, -0.2) is 60.5 Å². The van der Waals surface area contributed by atoms with Crippen molar-refractivity contribution in [3.05, 3.63) is 41.5 Å². The second-order valence-corrected chi connectivity index (χ2v) is 8.90. The monoisotopic (exact) mass is 487 g/mol. The predicted octanol–water partition coefficient (Wildman–Crippen LogP) is 5.10. The van der Waals surface area contributed by atoms with Gasteiger partial charge in [-0.15, -0.1) is 0 Å². The van der Waals surface area contributed by atoms with Crippen LogP contribution in [0, 0.1) is 17.2 Å². The molecule has 2 aromatic rings. The van der Waals surface area contributed by atoms with Gasteiger partial charge in [-0.3, -0.25) is 0 Å². The Bertz CT molecular complexity index is 1080. The van der Waals surface area contributed by atoms with Crippen molar-refractivity contribution in [3.8, 4) is 34.8 Å². The highest BCUT2D eigenvalue weighted by molar-refractivity contribution is 5.56. The third-order valence-electron chi connectivity index (χ3n) is 6.60. The topological polar surface area (TPSA) is 73.2 Å². The Morgan fingerprint density at radius 3 is 2.09 bits per heavy atom. The molecule has 2 rings (SSSR count). The van der Waals surface area contributed by atoms with Gasteiger partial charge in [0, 0.05) is 6.54 Å². The van der Waals surface area contributed by atoms with Crippen molar-refractivity contribution in [2.24, 2.45) is 5.92 Å².